The molecule has 3 aromatic carbocycles. The molecule has 0 aliphatic rings. The zero-order valence-electron chi connectivity index (χ0n) is 16.2. The Labute approximate surface area is 178 Å². The van der Waals surface area contributed by atoms with Crippen LogP contribution >= 0.6 is 0 Å². The number of halogens is 1. The lowest BCUT2D eigenvalue weighted by Gasteiger charge is -2.15. The van der Waals surface area contributed by atoms with Gasteiger partial charge >= 0.3 is 5.96 Å². The molecule has 0 fully saturated rings. The van der Waals surface area contributed by atoms with Crippen LogP contribution in [0.5, 0.6) is 0 Å². The minimum absolute atomic E-state index is 0. The molecule has 0 radical (unpaired) electrons. The van der Waals surface area contributed by atoms with Crippen LogP contribution in [-0.2, 0) is 19.6 Å². The van der Waals surface area contributed by atoms with Crippen LogP contribution in [0, 0.1) is 0 Å². The summed E-state index contributed by atoms with van der Waals surface area (Å²) in [6.45, 7) is 1.94. The van der Waals surface area contributed by atoms with Gasteiger partial charge in [0.25, 0.3) is 0 Å². The molecule has 0 aliphatic carbocycles. The van der Waals surface area contributed by atoms with Crippen molar-refractivity contribution in [1.82, 2.24) is 21.7 Å². The average Bonchev–Trinajstić information content (AvgIpc) is 2.76. The van der Waals surface area contributed by atoms with Crippen LogP contribution in [0.25, 0.3) is 0 Å². The van der Waals surface area contributed by atoms with Crippen LogP contribution in [-0.4, -0.2) is 10.8 Å². The highest BCUT2D eigenvalue weighted by Crippen LogP contribution is 1.99. The van der Waals surface area contributed by atoms with Crippen LogP contribution < -0.4 is 39.8 Å². The molecule has 3 rings (SSSR count). The number of rotatable bonds is 9. The van der Waals surface area contributed by atoms with Gasteiger partial charge in [-0.2, -0.15) is 5.43 Å². The largest absolute Gasteiger partial charge is 1.00 e. The monoisotopic (exact) mass is 410 g/mol. The van der Waals surface area contributed by atoms with Gasteiger partial charge in [-0.3, -0.25) is 16.6 Å². The number of hydrogen-bond donors (Lipinski definition) is 5. The molecule has 0 saturated carbocycles. The van der Waals surface area contributed by atoms with E-state index in [4.69, 9.17) is 5.73 Å². The maximum Gasteiger partial charge on any atom is 0.405 e. The fraction of sp³-hybridized carbons (Fsp3) is 0.136. The van der Waals surface area contributed by atoms with E-state index in [1.54, 1.807) is 4.79 Å². The minimum atomic E-state index is 0. The van der Waals surface area contributed by atoms with Crippen molar-refractivity contribution in [2.24, 2.45) is 5.73 Å². The standard InChI is InChI=1S/C22H26N6.ClH/c23-22(27-24-16-19-10-4-1-5-11-19)28(25-17-20-12-6-2-7-13-20)26-18-21-14-8-3-9-15-21;/h1-15,24-26H,16-18H2,(H2,23,27);1H. The number of nitrogens with one attached hydrogen (secondary N) is 4. The summed E-state index contributed by atoms with van der Waals surface area (Å²) in [5, 5.41) is 0. The third-order valence-electron chi connectivity index (χ3n) is 4.16. The number of benzene rings is 3. The summed E-state index contributed by atoms with van der Waals surface area (Å²) < 4.78 is 0. The second-order valence-electron chi connectivity index (χ2n) is 6.33. The molecule has 152 valence electrons. The molecule has 0 heterocycles. The summed E-state index contributed by atoms with van der Waals surface area (Å²) in [5.74, 6) is 0.433. The molecule has 29 heavy (non-hydrogen) atoms. The Balaban J connectivity index is 0.00000300. The quantitative estimate of drug-likeness (QED) is 0.136. The fourth-order valence-corrected chi connectivity index (χ4v) is 2.65. The van der Waals surface area contributed by atoms with Gasteiger partial charge in [0.15, 0.2) is 0 Å². The van der Waals surface area contributed by atoms with Crippen LogP contribution in [0.1, 0.15) is 16.7 Å². The first-order valence-electron chi connectivity index (χ1n) is 9.31. The van der Waals surface area contributed by atoms with Gasteiger partial charge in [-0.15, -0.1) is 0 Å². The van der Waals surface area contributed by atoms with E-state index in [1.807, 2.05) is 54.6 Å². The smallest absolute Gasteiger partial charge is 0.405 e. The van der Waals surface area contributed by atoms with Crippen molar-refractivity contribution in [2.45, 2.75) is 19.6 Å². The van der Waals surface area contributed by atoms with E-state index in [0.717, 1.165) is 0 Å². The second kappa shape index (κ2) is 12.3. The van der Waals surface area contributed by atoms with E-state index < -0.39 is 0 Å². The van der Waals surface area contributed by atoms with Gasteiger partial charge in [0.2, 0.25) is 0 Å². The second-order valence-corrected chi connectivity index (χ2v) is 6.33. The molecule has 0 spiro atoms. The van der Waals surface area contributed by atoms with Crippen molar-refractivity contribution in [3.8, 4) is 0 Å². The summed E-state index contributed by atoms with van der Waals surface area (Å²) in [6, 6.07) is 30.5. The number of nitrogens with two attached hydrogens (primary N) is 1. The van der Waals surface area contributed by atoms with Gasteiger partial charge < -0.3 is 12.4 Å². The minimum Gasteiger partial charge on any atom is -1.00 e. The summed E-state index contributed by atoms with van der Waals surface area (Å²) in [7, 11) is 0. The predicted octanol–water partition coefficient (Wildman–Crippen LogP) is -0.978. The average molecular weight is 411 g/mol. The zero-order valence-corrected chi connectivity index (χ0v) is 16.9. The van der Waals surface area contributed by atoms with Crippen LogP contribution in [0.3, 0.4) is 0 Å². The van der Waals surface area contributed by atoms with E-state index in [0.29, 0.717) is 25.6 Å². The lowest BCUT2D eigenvalue weighted by Crippen LogP contribution is -3.00. The summed E-state index contributed by atoms with van der Waals surface area (Å²) in [5.41, 5.74) is 22.6. The highest BCUT2D eigenvalue weighted by atomic mass is 35.5. The molecular weight excluding hydrogens is 384 g/mol. The molecule has 0 bridgehead atoms. The van der Waals surface area contributed by atoms with E-state index >= 15 is 0 Å². The molecular formula is C22H27ClN6. The van der Waals surface area contributed by atoms with Gasteiger partial charge in [-0.25, -0.2) is 5.43 Å². The SMILES string of the molecule is NC(NNCc1ccccc1)=[N+](NCc1ccccc1)NCc1ccccc1.[Cl-]. The number of nitrogens with zero attached hydrogens (tertiary/aromatic N) is 1. The first kappa shape index (κ1) is 22.1. The van der Waals surface area contributed by atoms with Crippen molar-refractivity contribution in [1.29, 1.82) is 0 Å². The van der Waals surface area contributed by atoms with Gasteiger partial charge in [-0.05, 0) is 16.7 Å². The summed E-state index contributed by atoms with van der Waals surface area (Å²) in [4.78, 5) is 1.71. The fourth-order valence-electron chi connectivity index (χ4n) is 2.65. The Hall–Kier alpha value is -3.22. The van der Waals surface area contributed by atoms with Gasteiger partial charge in [0.05, 0.1) is 19.6 Å². The Kier molecular flexibility index (Phi) is 9.35. The summed E-state index contributed by atoms with van der Waals surface area (Å²) in [6.07, 6.45) is 0. The van der Waals surface area contributed by atoms with Crippen molar-refractivity contribution in [3.63, 3.8) is 0 Å². The number of hydrazone groups is 2. The Morgan fingerprint density at radius 1 is 0.621 bits per heavy atom. The number of guanidine groups is 1. The Morgan fingerprint density at radius 2 is 1.00 bits per heavy atom. The number of hydrazine groups is 3. The van der Waals surface area contributed by atoms with Crippen molar-refractivity contribution in [3.05, 3.63) is 108 Å². The zero-order chi connectivity index (χ0) is 19.4. The van der Waals surface area contributed by atoms with Gasteiger partial charge in [0.1, 0.15) is 0 Å². The molecule has 6 N–H and O–H groups in total. The third kappa shape index (κ3) is 7.73. The molecule has 0 saturated heterocycles. The van der Waals surface area contributed by atoms with E-state index in [2.05, 4.69) is 58.1 Å². The van der Waals surface area contributed by atoms with E-state index in [-0.39, 0.29) is 12.4 Å². The Bertz CT molecular complexity index is 811. The first-order valence-corrected chi connectivity index (χ1v) is 9.31. The van der Waals surface area contributed by atoms with E-state index in [9.17, 15) is 0 Å². The van der Waals surface area contributed by atoms with Gasteiger partial charge in [0, 0.05) is 0 Å². The first-order chi connectivity index (χ1) is 13.8. The Morgan fingerprint density at radius 3 is 1.41 bits per heavy atom. The molecule has 7 heteroatoms. The normalized spacial score (nSPS) is 9.79. The van der Waals surface area contributed by atoms with Crippen molar-refractivity contribution >= 4 is 5.96 Å². The highest BCUT2D eigenvalue weighted by molar-refractivity contribution is 5.71. The maximum atomic E-state index is 6.25. The predicted molar refractivity (Wildman–Crippen MR) is 112 cm³/mol. The maximum absolute atomic E-state index is 6.25. The molecule has 0 aromatic heterocycles. The molecule has 6 nitrogen and oxygen atoms in total. The highest BCUT2D eigenvalue weighted by Gasteiger charge is 2.08. The molecule has 0 unspecified atom stereocenters. The molecule has 0 amide bonds. The van der Waals surface area contributed by atoms with Crippen LogP contribution in [0.2, 0.25) is 0 Å². The van der Waals surface area contributed by atoms with Crippen molar-refractivity contribution in [2.75, 3.05) is 0 Å². The lowest BCUT2D eigenvalue weighted by molar-refractivity contribution is -0.649. The van der Waals surface area contributed by atoms with Gasteiger partial charge in [-0.1, -0.05) is 95.8 Å². The number of hydrogen-bond acceptors (Lipinski definition) is 3. The van der Waals surface area contributed by atoms with Crippen molar-refractivity contribution < 1.29 is 17.2 Å². The lowest BCUT2D eigenvalue weighted by atomic mass is 10.2. The molecule has 0 atom stereocenters. The third-order valence-corrected chi connectivity index (χ3v) is 4.16. The summed E-state index contributed by atoms with van der Waals surface area (Å²) >= 11 is 0. The topological polar surface area (TPSA) is 77.1 Å². The molecule has 3 aromatic rings. The molecule has 0 aliphatic heterocycles. The van der Waals surface area contributed by atoms with E-state index in [1.165, 1.54) is 16.7 Å². The van der Waals surface area contributed by atoms with Crippen LogP contribution in [0.4, 0.5) is 0 Å². The van der Waals surface area contributed by atoms with Crippen LogP contribution in [0.15, 0.2) is 91.0 Å².